The van der Waals surface area contributed by atoms with Crippen molar-refractivity contribution in [3.05, 3.63) is 21.9 Å². The van der Waals surface area contributed by atoms with E-state index in [2.05, 4.69) is 29.1 Å². The average molecular weight is 316 g/mol. The van der Waals surface area contributed by atoms with Gasteiger partial charge in [0.25, 0.3) is 0 Å². The maximum atomic E-state index is 12.2. The maximum absolute atomic E-state index is 12.2. The van der Waals surface area contributed by atoms with Gasteiger partial charge in [0.1, 0.15) is 0 Å². The number of rotatable bonds is 6. The zero-order valence-electron chi connectivity index (χ0n) is 12.2. The van der Waals surface area contributed by atoms with Crippen molar-refractivity contribution in [1.29, 1.82) is 0 Å². The highest BCUT2D eigenvalue weighted by Crippen LogP contribution is 2.17. The summed E-state index contributed by atoms with van der Waals surface area (Å²) in [5.74, 6) is 0.195. The third-order valence-electron chi connectivity index (χ3n) is 3.52. The standard InChI is InChI=1S/C14H24N2O2S2/c1-11(9-14-7-6-12(2)19-14)16-20(17,18)10-13-5-3-4-8-15-13/h6-7,11,13,15-16H,3-5,8-10H2,1-2H3. The quantitative estimate of drug-likeness (QED) is 0.844. The highest BCUT2D eigenvalue weighted by molar-refractivity contribution is 7.89. The summed E-state index contributed by atoms with van der Waals surface area (Å²) in [5, 5.41) is 3.28. The molecular formula is C14H24N2O2S2. The van der Waals surface area contributed by atoms with Crippen LogP contribution in [0.3, 0.4) is 0 Å². The number of sulfonamides is 1. The number of aryl methyl sites for hydroxylation is 1. The van der Waals surface area contributed by atoms with Gasteiger partial charge < -0.3 is 5.32 Å². The van der Waals surface area contributed by atoms with Crippen molar-refractivity contribution < 1.29 is 8.42 Å². The zero-order valence-corrected chi connectivity index (χ0v) is 13.8. The predicted molar refractivity (Wildman–Crippen MR) is 84.8 cm³/mol. The maximum Gasteiger partial charge on any atom is 0.213 e. The number of thiophene rings is 1. The highest BCUT2D eigenvalue weighted by atomic mass is 32.2. The topological polar surface area (TPSA) is 58.2 Å². The van der Waals surface area contributed by atoms with Crippen LogP contribution in [0.2, 0.25) is 0 Å². The second kappa shape index (κ2) is 7.02. The van der Waals surface area contributed by atoms with Crippen molar-refractivity contribution in [2.24, 2.45) is 0 Å². The average Bonchev–Trinajstić information content (AvgIpc) is 2.74. The molecule has 1 aliphatic heterocycles. The molecule has 1 aromatic heterocycles. The highest BCUT2D eigenvalue weighted by Gasteiger charge is 2.22. The van der Waals surface area contributed by atoms with Crippen molar-refractivity contribution in [2.75, 3.05) is 12.3 Å². The Bertz CT molecular complexity index is 519. The lowest BCUT2D eigenvalue weighted by Crippen LogP contribution is -2.44. The molecule has 1 aromatic rings. The van der Waals surface area contributed by atoms with Crippen molar-refractivity contribution in [2.45, 2.75) is 51.6 Å². The Kier molecular flexibility index (Phi) is 5.60. The molecule has 6 heteroatoms. The van der Waals surface area contributed by atoms with Gasteiger partial charge in [-0.15, -0.1) is 11.3 Å². The molecule has 114 valence electrons. The largest absolute Gasteiger partial charge is 0.313 e. The van der Waals surface area contributed by atoms with Gasteiger partial charge in [0.05, 0.1) is 5.75 Å². The molecule has 0 spiro atoms. The van der Waals surface area contributed by atoms with Crippen LogP contribution in [0.15, 0.2) is 12.1 Å². The number of nitrogens with one attached hydrogen (secondary N) is 2. The molecule has 0 aliphatic carbocycles. The molecular weight excluding hydrogens is 292 g/mol. The van der Waals surface area contributed by atoms with Crippen LogP contribution in [0.4, 0.5) is 0 Å². The fraction of sp³-hybridized carbons (Fsp3) is 0.714. The molecule has 4 nitrogen and oxygen atoms in total. The molecule has 0 radical (unpaired) electrons. The van der Waals surface area contributed by atoms with Crippen LogP contribution in [0, 0.1) is 6.92 Å². The molecule has 1 saturated heterocycles. The minimum atomic E-state index is -3.20. The summed E-state index contributed by atoms with van der Waals surface area (Å²) in [4.78, 5) is 2.50. The fourth-order valence-electron chi connectivity index (χ4n) is 2.62. The lowest BCUT2D eigenvalue weighted by molar-refractivity contribution is 0.421. The van der Waals surface area contributed by atoms with Gasteiger partial charge in [-0.3, -0.25) is 0 Å². The minimum absolute atomic E-state index is 0.0540. The van der Waals surface area contributed by atoms with Crippen LogP contribution in [0.5, 0.6) is 0 Å². The lowest BCUT2D eigenvalue weighted by Gasteiger charge is -2.24. The Morgan fingerprint density at radius 1 is 1.45 bits per heavy atom. The van der Waals surface area contributed by atoms with Gasteiger partial charge in [-0.1, -0.05) is 6.42 Å². The molecule has 1 aliphatic rings. The van der Waals surface area contributed by atoms with E-state index in [0.717, 1.165) is 32.2 Å². The first-order valence-corrected chi connectivity index (χ1v) is 9.70. The number of piperidine rings is 1. The molecule has 2 N–H and O–H groups in total. The summed E-state index contributed by atoms with van der Waals surface area (Å²) in [6, 6.07) is 4.21. The van der Waals surface area contributed by atoms with Crippen LogP contribution >= 0.6 is 11.3 Å². The van der Waals surface area contributed by atoms with Crippen LogP contribution in [-0.4, -0.2) is 32.8 Å². The first-order valence-electron chi connectivity index (χ1n) is 7.23. The third-order valence-corrected chi connectivity index (χ3v) is 6.14. The van der Waals surface area contributed by atoms with Gasteiger partial charge in [-0.25, -0.2) is 13.1 Å². The number of hydrogen-bond acceptors (Lipinski definition) is 4. The van der Waals surface area contributed by atoms with Gasteiger partial charge in [-0.2, -0.15) is 0 Å². The predicted octanol–water partition coefficient (Wildman–Crippen LogP) is 2.05. The van der Waals surface area contributed by atoms with Crippen LogP contribution in [-0.2, 0) is 16.4 Å². The van der Waals surface area contributed by atoms with E-state index in [-0.39, 0.29) is 17.8 Å². The summed E-state index contributed by atoms with van der Waals surface area (Å²) < 4.78 is 27.1. The Hall–Kier alpha value is -0.430. The molecule has 2 atom stereocenters. The zero-order chi connectivity index (χ0) is 14.6. The Morgan fingerprint density at radius 2 is 2.25 bits per heavy atom. The molecule has 0 aromatic carbocycles. The first kappa shape index (κ1) is 15.9. The Balaban J connectivity index is 1.83. The second-order valence-corrected chi connectivity index (χ2v) is 8.83. The Morgan fingerprint density at radius 3 is 2.85 bits per heavy atom. The molecule has 1 fully saturated rings. The molecule has 0 saturated carbocycles. The molecule has 0 bridgehead atoms. The van der Waals surface area contributed by atoms with Crippen molar-refractivity contribution >= 4 is 21.4 Å². The molecule has 2 rings (SSSR count). The van der Waals surface area contributed by atoms with Crippen LogP contribution < -0.4 is 10.0 Å². The van der Waals surface area contributed by atoms with E-state index in [9.17, 15) is 8.42 Å². The third kappa shape index (κ3) is 5.16. The number of hydrogen-bond donors (Lipinski definition) is 2. The molecule has 2 heterocycles. The van der Waals surface area contributed by atoms with Crippen molar-refractivity contribution in [3.8, 4) is 0 Å². The molecule has 20 heavy (non-hydrogen) atoms. The van der Waals surface area contributed by atoms with E-state index >= 15 is 0 Å². The SMILES string of the molecule is Cc1ccc(CC(C)NS(=O)(=O)CC2CCCCN2)s1. The summed E-state index contributed by atoms with van der Waals surface area (Å²) in [6.07, 6.45) is 3.99. The van der Waals surface area contributed by atoms with Gasteiger partial charge in [0, 0.05) is 21.8 Å². The fourth-order valence-corrected chi connectivity index (χ4v) is 5.25. The second-order valence-electron chi connectivity index (χ2n) is 5.66. The van der Waals surface area contributed by atoms with E-state index < -0.39 is 10.0 Å². The minimum Gasteiger partial charge on any atom is -0.313 e. The van der Waals surface area contributed by atoms with E-state index in [1.54, 1.807) is 11.3 Å². The van der Waals surface area contributed by atoms with Gasteiger partial charge >= 0.3 is 0 Å². The Labute approximate surface area is 126 Å². The molecule has 2 unspecified atom stereocenters. The normalized spacial score (nSPS) is 21.8. The summed E-state index contributed by atoms with van der Waals surface area (Å²) in [6.45, 7) is 4.93. The van der Waals surface area contributed by atoms with E-state index in [1.807, 2.05) is 6.92 Å². The lowest BCUT2D eigenvalue weighted by atomic mass is 10.1. The smallest absolute Gasteiger partial charge is 0.213 e. The summed E-state index contributed by atoms with van der Waals surface area (Å²) in [7, 11) is -3.20. The van der Waals surface area contributed by atoms with E-state index in [1.165, 1.54) is 9.75 Å². The van der Waals surface area contributed by atoms with Crippen LogP contribution in [0.1, 0.15) is 35.9 Å². The van der Waals surface area contributed by atoms with Crippen LogP contribution in [0.25, 0.3) is 0 Å². The van der Waals surface area contributed by atoms with E-state index in [4.69, 9.17) is 0 Å². The van der Waals surface area contributed by atoms with E-state index in [0.29, 0.717) is 0 Å². The summed E-state index contributed by atoms with van der Waals surface area (Å²) in [5.41, 5.74) is 0. The van der Waals surface area contributed by atoms with Crippen molar-refractivity contribution in [1.82, 2.24) is 10.0 Å². The van der Waals surface area contributed by atoms with Gasteiger partial charge in [-0.05, 0) is 51.8 Å². The summed E-state index contributed by atoms with van der Waals surface area (Å²) >= 11 is 1.73. The molecule has 0 amide bonds. The van der Waals surface area contributed by atoms with Gasteiger partial charge in [0.15, 0.2) is 0 Å². The first-order chi connectivity index (χ1) is 9.44. The monoisotopic (exact) mass is 316 g/mol. The van der Waals surface area contributed by atoms with Gasteiger partial charge in [0.2, 0.25) is 10.0 Å². The van der Waals surface area contributed by atoms with Crippen molar-refractivity contribution in [3.63, 3.8) is 0 Å².